The molecule has 5 nitrogen and oxygen atoms in total. The van der Waals surface area contributed by atoms with Gasteiger partial charge in [0.05, 0.1) is 0 Å². The van der Waals surface area contributed by atoms with Crippen LogP contribution in [0, 0.1) is 0 Å². The molecule has 16 heavy (non-hydrogen) atoms. The van der Waals surface area contributed by atoms with Crippen molar-refractivity contribution in [2.45, 2.75) is 37.8 Å². The first-order valence-electron chi connectivity index (χ1n) is 5.71. The van der Waals surface area contributed by atoms with Gasteiger partial charge in [-0.1, -0.05) is 6.92 Å². The largest absolute Gasteiger partial charge is 0.503 e. The third kappa shape index (κ3) is 4.12. The summed E-state index contributed by atoms with van der Waals surface area (Å²) in [5.41, 5.74) is 11.7. The molecular formula is C10H26N2O3Si. The molecule has 0 aromatic rings. The lowest BCUT2D eigenvalue weighted by molar-refractivity contribution is 0.107. The fourth-order valence-electron chi connectivity index (χ4n) is 2.01. The van der Waals surface area contributed by atoms with Crippen molar-refractivity contribution in [3.63, 3.8) is 0 Å². The Kier molecular flexibility index (Phi) is 8.17. The van der Waals surface area contributed by atoms with Crippen LogP contribution in [0.5, 0.6) is 0 Å². The van der Waals surface area contributed by atoms with Gasteiger partial charge in [0.15, 0.2) is 0 Å². The van der Waals surface area contributed by atoms with Crippen LogP contribution in [0.2, 0.25) is 5.54 Å². The third-order valence-corrected chi connectivity index (χ3v) is 6.32. The standard InChI is InChI=1S/C10H26N2O3Si/c1-5-10(8-9(12)6-7-11)16(13-2,14-3)15-4/h9-10H,5-8,11-12H2,1-4H3. The van der Waals surface area contributed by atoms with E-state index in [0.29, 0.717) is 6.54 Å². The Hall–Kier alpha value is 0.0169. The zero-order valence-electron chi connectivity index (χ0n) is 10.9. The molecule has 0 spiro atoms. The molecule has 0 saturated carbocycles. The fraction of sp³-hybridized carbons (Fsp3) is 1.00. The topological polar surface area (TPSA) is 79.7 Å². The quantitative estimate of drug-likeness (QED) is 0.589. The zero-order valence-corrected chi connectivity index (χ0v) is 11.9. The van der Waals surface area contributed by atoms with Gasteiger partial charge in [0, 0.05) is 32.9 Å². The maximum atomic E-state index is 6.00. The van der Waals surface area contributed by atoms with Gasteiger partial charge < -0.3 is 24.7 Å². The molecule has 4 N–H and O–H groups in total. The summed E-state index contributed by atoms with van der Waals surface area (Å²) >= 11 is 0. The minimum atomic E-state index is -2.56. The smallest absolute Gasteiger partial charge is 0.377 e. The molecular weight excluding hydrogens is 224 g/mol. The Balaban J connectivity index is 4.54. The predicted molar refractivity (Wildman–Crippen MR) is 67.1 cm³/mol. The summed E-state index contributed by atoms with van der Waals surface area (Å²) in [5, 5.41) is 0. The van der Waals surface area contributed by atoms with Crippen LogP contribution in [-0.2, 0) is 13.3 Å². The fourth-order valence-corrected chi connectivity index (χ4v) is 4.60. The van der Waals surface area contributed by atoms with Gasteiger partial charge in [-0.2, -0.15) is 0 Å². The molecule has 0 aromatic heterocycles. The van der Waals surface area contributed by atoms with Crippen LogP contribution in [0.25, 0.3) is 0 Å². The summed E-state index contributed by atoms with van der Waals surface area (Å²) in [7, 11) is 2.35. The molecule has 0 bridgehead atoms. The monoisotopic (exact) mass is 250 g/mol. The molecule has 2 unspecified atom stereocenters. The number of nitrogens with two attached hydrogens (primary N) is 2. The van der Waals surface area contributed by atoms with E-state index in [-0.39, 0.29) is 11.6 Å². The Bertz CT molecular complexity index is 171. The van der Waals surface area contributed by atoms with E-state index >= 15 is 0 Å². The van der Waals surface area contributed by atoms with Gasteiger partial charge in [0.25, 0.3) is 0 Å². The van der Waals surface area contributed by atoms with Crippen molar-refractivity contribution in [3.8, 4) is 0 Å². The van der Waals surface area contributed by atoms with Crippen molar-refractivity contribution in [2.75, 3.05) is 27.9 Å². The number of rotatable bonds is 9. The van der Waals surface area contributed by atoms with E-state index in [1.807, 2.05) is 0 Å². The minimum Gasteiger partial charge on any atom is -0.377 e. The first-order valence-corrected chi connectivity index (χ1v) is 7.51. The van der Waals surface area contributed by atoms with Crippen LogP contribution in [0.1, 0.15) is 26.2 Å². The van der Waals surface area contributed by atoms with E-state index in [1.165, 1.54) is 0 Å². The van der Waals surface area contributed by atoms with Crippen LogP contribution in [-0.4, -0.2) is 42.7 Å². The van der Waals surface area contributed by atoms with E-state index in [2.05, 4.69) is 6.92 Å². The highest BCUT2D eigenvalue weighted by molar-refractivity contribution is 6.62. The molecule has 0 aliphatic heterocycles. The van der Waals surface area contributed by atoms with E-state index in [1.54, 1.807) is 21.3 Å². The summed E-state index contributed by atoms with van der Waals surface area (Å²) in [6.45, 7) is 2.71. The highest BCUT2D eigenvalue weighted by Crippen LogP contribution is 2.31. The lowest BCUT2D eigenvalue weighted by Crippen LogP contribution is -2.49. The lowest BCUT2D eigenvalue weighted by atomic mass is 10.1. The molecule has 0 radical (unpaired) electrons. The van der Waals surface area contributed by atoms with Gasteiger partial charge in [0.2, 0.25) is 0 Å². The lowest BCUT2D eigenvalue weighted by Gasteiger charge is -2.33. The van der Waals surface area contributed by atoms with E-state index in [9.17, 15) is 0 Å². The normalized spacial score (nSPS) is 16.1. The highest BCUT2D eigenvalue weighted by atomic mass is 28.4. The molecule has 0 aliphatic carbocycles. The van der Waals surface area contributed by atoms with Gasteiger partial charge in [-0.15, -0.1) is 0 Å². The van der Waals surface area contributed by atoms with Crippen molar-refractivity contribution in [1.82, 2.24) is 0 Å². The van der Waals surface area contributed by atoms with Crippen molar-refractivity contribution in [1.29, 1.82) is 0 Å². The first-order chi connectivity index (χ1) is 7.60. The second kappa shape index (κ2) is 8.16. The molecule has 0 amide bonds. The van der Waals surface area contributed by atoms with Gasteiger partial charge in [0.1, 0.15) is 0 Å². The van der Waals surface area contributed by atoms with Crippen LogP contribution < -0.4 is 11.5 Å². The molecule has 2 atom stereocenters. The van der Waals surface area contributed by atoms with Gasteiger partial charge in [-0.25, -0.2) is 0 Å². The summed E-state index contributed by atoms with van der Waals surface area (Å²) in [4.78, 5) is 0. The van der Waals surface area contributed by atoms with Crippen molar-refractivity contribution >= 4 is 8.80 Å². The summed E-state index contributed by atoms with van der Waals surface area (Å²) in [5.74, 6) is 0. The van der Waals surface area contributed by atoms with Gasteiger partial charge in [-0.3, -0.25) is 0 Å². The van der Waals surface area contributed by atoms with Gasteiger partial charge in [-0.05, 0) is 25.8 Å². The van der Waals surface area contributed by atoms with Crippen molar-refractivity contribution in [2.24, 2.45) is 11.5 Å². The first kappa shape index (κ1) is 16.0. The van der Waals surface area contributed by atoms with Crippen LogP contribution in [0.15, 0.2) is 0 Å². The number of hydrogen-bond acceptors (Lipinski definition) is 5. The minimum absolute atomic E-state index is 0.0854. The molecule has 0 aliphatic rings. The van der Waals surface area contributed by atoms with Crippen molar-refractivity contribution in [3.05, 3.63) is 0 Å². The summed E-state index contributed by atoms with van der Waals surface area (Å²) in [6, 6.07) is 0.0854. The summed E-state index contributed by atoms with van der Waals surface area (Å²) in [6.07, 6.45) is 2.58. The Morgan fingerprint density at radius 2 is 1.62 bits per heavy atom. The molecule has 0 heterocycles. The third-order valence-electron chi connectivity index (χ3n) is 2.97. The molecule has 98 valence electrons. The maximum absolute atomic E-state index is 6.00. The Labute approximate surface area is 99.8 Å². The van der Waals surface area contributed by atoms with Gasteiger partial charge >= 0.3 is 8.80 Å². The zero-order chi connectivity index (χ0) is 12.6. The maximum Gasteiger partial charge on any atom is 0.503 e. The highest BCUT2D eigenvalue weighted by Gasteiger charge is 2.46. The van der Waals surface area contributed by atoms with E-state index in [4.69, 9.17) is 24.7 Å². The number of hydrogen-bond donors (Lipinski definition) is 2. The van der Waals surface area contributed by atoms with Crippen molar-refractivity contribution < 1.29 is 13.3 Å². The van der Waals surface area contributed by atoms with Crippen LogP contribution >= 0.6 is 0 Å². The second-order valence-corrected chi connectivity index (χ2v) is 7.14. The molecule has 0 aromatic carbocycles. The summed E-state index contributed by atoms with van der Waals surface area (Å²) < 4.78 is 16.4. The second-order valence-electron chi connectivity index (χ2n) is 3.89. The Morgan fingerprint density at radius 3 is 1.94 bits per heavy atom. The predicted octanol–water partition coefficient (Wildman–Crippen LogP) is 0.711. The van der Waals surface area contributed by atoms with Crippen LogP contribution in [0.3, 0.4) is 0 Å². The van der Waals surface area contributed by atoms with Crippen LogP contribution in [0.4, 0.5) is 0 Å². The average Bonchev–Trinajstić information content (AvgIpc) is 2.30. The average molecular weight is 250 g/mol. The SMILES string of the molecule is CCC(CC(N)CCN)[Si](OC)(OC)OC. The Morgan fingerprint density at radius 1 is 1.12 bits per heavy atom. The molecule has 0 rings (SSSR count). The molecule has 0 saturated heterocycles. The van der Waals surface area contributed by atoms with E-state index < -0.39 is 8.80 Å². The molecule has 0 fully saturated rings. The van der Waals surface area contributed by atoms with E-state index in [0.717, 1.165) is 19.3 Å². The molecule has 6 heteroatoms.